The summed E-state index contributed by atoms with van der Waals surface area (Å²) < 4.78 is 40.5. The third-order valence-corrected chi connectivity index (χ3v) is 8.14. The molecule has 178 valence electrons. The number of nitrogens with zero attached hydrogens (tertiary/aromatic N) is 5. The molecule has 3 aromatic heterocycles. The minimum atomic E-state index is -4.23. The number of thiol groups is 1. The molecule has 0 radical (unpaired) electrons. The summed E-state index contributed by atoms with van der Waals surface area (Å²) in [5.74, 6) is 0.734. The summed E-state index contributed by atoms with van der Waals surface area (Å²) in [6.45, 7) is 1.59. The average Bonchev–Trinajstić information content (AvgIpc) is 3.23. The zero-order valence-electron chi connectivity index (χ0n) is 18.4. The van der Waals surface area contributed by atoms with E-state index < -0.39 is 12.6 Å². The summed E-state index contributed by atoms with van der Waals surface area (Å²) in [4.78, 5) is 11.4. The van der Waals surface area contributed by atoms with Gasteiger partial charge in [-0.15, -0.1) is 11.3 Å². The predicted octanol–water partition coefficient (Wildman–Crippen LogP) is 4.60. The van der Waals surface area contributed by atoms with Crippen LogP contribution in [0.4, 0.5) is 19.0 Å². The van der Waals surface area contributed by atoms with E-state index in [9.17, 15) is 13.2 Å². The van der Waals surface area contributed by atoms with Crippen molar-refractivity contribution in [2.45, 2.75) is 62.0 Å². The maximum atomic E-state index is 12.9. The van der Waals surface area contributed by atoms with Crippen LogP contribution in [0, 0.1) is 0 Å². The van der Waals surface area contributed by atoms with Gasteiger partial charge in [0.1, 0.15) is 17.0 Å². The van der Waals surface area contributed by atoms with Crippen LogP contribution in [-0.2, 0) is 24.8 Å². The molecule has 0 aromatic carbocycles. The highest BCUT2D eigenvalue weighted by Gasteiger charge is 2.37. The fourth-order valence-corrected chi connectivity index (χ4v) is 6.63. The van der Waals surface area contributed by atoms with Crippen molar-refractivity contribution in [3.8, 4) is 0 Å². The minimum Gasteiger partial charge on any atom is -0.356 e. The lowest BCUT2D eigenvalue weighted by molar-refractivity contribution is -0.126. The molecular weight excluding hydrogens is 469 g/mol. The maximum Gasteiger partial charge on any atom is 0.393 e. The van der Waals surface area contributed by atoms with Gasteiger partial charge in [0, 0.05) is 42.8 Å². The molecule has 4 heterocycles. The number of halogens is 3. The van der Waals surface area contributed by atoms with Crippen LogP contribution < -0.4 is 10.2 Å². The van der Waals surface area contributed by atoms with Gasteiger partial charge < -0.3 is 4.90 Å². The highest BCUT2D eigenvalue weighted by molar-refractivity contribution is 7.81. The Balaban J connectivity index is 1.32. The second-order valence-corrected chi connectivity index (χ2v) is 10.9. The smallest absolute Gasteiger partial charge is 0.356 e. The molecular formula is C22H27F3N6S2. The molecule has 1 aliphatic carbocycles. The Hall–Kier alpha value is -1.85. The lowest BCUT2D eigenvalue weighted by Gasteiger charge is -2.37. The van der Waals surface area contributed by atoms with E-state index in [2.05, 4.69) is 31.5 Å². The number of hydrogen-bond acceptors (Lipinski definition) is 7. The first-order valence-corrected chi connectivity index (χ1v) is 12.5. The van der Waals surface area contributed by atoms with Crippen LogP contribution in [0.25, 0.3) is 10.2 Å². The zero-order valence-corrected chi connectivity index (χ0v) is 20.1. The molecule has 5 rings (SSSR count). The molecule has 11 heteroatoms. The molecule has 1 saturated heterocycles. The van der Waals surface area contributed by atoms with Gasteiger partial charge in [-0.25, -0.2) is 9.97 Å². The number of hydrogen-bond donors (Lipinski definition) is 2. The lowest BCUT2D eigenvalue weighted by Crippen LogP contribution is -2.46. The summed E-state index contributed by atoms with van der Waals surface area (Å²) in [7, 11) is 1.95. The Labute approximate surface area is 200 Å². The van der Waals surface area contributed by atoms with Crippen LogP contribution in [0.15, 0.2) is 18.6 Å². The molecule has 0 bridgehead atoms. The van der Waals surface area contributed by atoms with Crippen LogP contribution >= 0.6 is 24.0 Å². The van der Waals surface area contributed by atoms with Crippen molar-refractivity contribution in [3.63, 3.8) is 0 Å². The zero-order chi connectivity index (χ0) is 23.2. The lowest BCUT2D eigenvalue weighted by atomic mass is 9.91. The second kappa shape index (κ2) is 8.74. The van der Waals surface area contributed by atoms with E-state index in [0.717, 1.165) is 74.5 Å². The second-order valence-electron chi connectivity index (χ2n) is 9.06. The van der Waals surface area contributed by atoms with Crippen molar-refractivity contribution in [2.24, 2.45) is 7.05 Å². The normalized spacial score (nSPS) is 24.2. The fourth-order valence-electron chi connectivity index (χ4n) is 5.08. The highest BCUT2D eigenvalue weighted by atomic mass is 32.1. The van der Waals surface area contributed by atoms with Gasteiger partial charge in [0.2, 0.25) is 0 Å². The first-order valence-electron chi connectivity index (χ1n) is 11.3. The van der Waals surface area contributed by atoms with Gasteiger partial charge in [0.15, 0.2) is 0 Å². The largest absolute Gasteiger partial charge is 0.393 e. The molecule has 0 amide bonds. The molecule has 1 fully saturated rings. The van der Waals surface area contributed by atoms with Crippen LogP contribution in [0.2, 0.25) is 0 Å². The van der Waals surface area contributed by atoms with Gasteiger partial charge in [-0.3, -0.25) is 10.00 Å². The van der Waals surface area contributed by atoms with Crippen LogP contribution in [0.3, 0.4) is 0 Å². The van der Waals surface area contributed by atoms with Gasteiger partial charge in [0.05, 0.1) is 22.4 Å². The summed E-state index contributed by atoms with van der Waals surface area (Å²) >= 11 is 6.17. The third kappa shape index (κ3) is 4.85. The maximum absolute atomic E-state index is 12.9. The van der Waals surface area contributed by atoms with Gasteiger partial charge in [-0.05, 0) is 44.6 Å². The molecule has 2 aliphatic rings. The van der Waals surface area contributed by atoms with Gasteiger partial charge in [-0.2, -0.15) is 30.9 Å². The van der Waals surface area contributed by atoms with Crippen LogP contribution in [0.1, 0.15) is 48.2 Å². The Kier molecular flexibility index (Phi) is 6.07. The van der Waals surface area contributed by atoms with Crippen molar-refractivity contribution in [3.05, 3.63) is 34.7 Å². The van der Waals surface area contributed by atoms with Crippen molar-refractivity contribution in [2.75, 3.05) is 18.0 Å². The quantitative estimate of drug-likeness (QED) is 0.409. The summed E-state index contributed by atoms with van der Waals surface area (Å²) in [5.41, 5.74) is 2.30. The van der Waals surface area contributed by atoms with Gasteiger partial charge in [0.25, 0.3) is 0 Å². The van der Waals surface area contributed by atoms with E-state index in [-0.39, 0.29) is 9.75 Å². The monoisotopic (exact) mass is 496 g/mol. The van der Waals surface area contributed by atoms with Gasteiger partial charge in [-0.1, -0.05) is 0 Å². The number of nitrogens with one attached hydrogen (secondary N) is 1. The number of rotatable bonds is 4. The number of aryl methyl sites for hydroxylation is 2. The van der Waals surface area contributed by atoms with E-state index in [1.54, 1.807) is 6.07 Å². The number of fused-ring (bicyclic) bond motifs is 2. The Bertz CT molecular complexity index is 1140. The summed E-state index contributed by atoms with van der Waals surface area (Å²) in [6, 6.07) is 1.90. The molecule has 0 unspecified atom stereocenters. The SMILES string of the molecule is Cn1cc2c(n1)CCC[C@@]2(S)N[C@H]1CCCN(c2ncnc3sc(CC(F)(F)F)cc23)CC1. The summed E-state index contributed by atoms with van der Waals surface area (Å²) in [6.07, 6.45) is 4.24. The topological polar surface area (TPSA) is 58.9 Å². The van der Waals surface area contributed by atoms with Crippen molar-refractivity contribution in [1.29, 1.82) is 0 Å². The van der Waals surface area contributed by atoms with E-state index in [0.29, 0.717) is 16.3 Å². The summed E-state index contributed by atoms with van der Waals surface area (Å²) in [5, 5.41) is 9.12. The van der Waals surface area contributed by atoms with Gasteiger partial charge >= 0.3 is 6.18 Å². The number of anilines is 1. The molecule has 33 heavy (non-hydrogen) atoms. The molecule has 3 aromatic rings. The fraction of sp³-hybridized carbons (Fsp3) is 0.591. The predicted molar refractivity (Wildman–Crippen MR) is 127 cm³/mol. The van der Waals surface area contributed by atoms with E-state index in [1.165, 1.54) is 11.9 Å². The van der Waals surface area contributed by atoms with Crippen molar-refractivity contribution >= 4 is 40.0 Å². The molecule has 1 aliphatic heterocycles. The number of alkyl halides is 3. The average molecular weight is 497 g/mol. The van der Waals surface area contributed by atoms with Crippen LogP contribution in [-0.4, -0.2) is 45.1 Å². The molecule has 0 spiro atoms. The van der Waals surface area contributed by atoms with E-state index in [4.69, 9.17) is 12.6 Å². The molecule has 6 nitrogen and oxygen atoms in total. The van der Waals surface area contributed by atoms with Crippen molar-refractivity contribution < 1.29 is 13.2 Å². The van der Waals surface area contributed by atoms with Crippen LogP contribution in [0.5, 0.6) is 0 Å². The van der Waals surface area contributed by atoms with Crippen molar-refractivity contribution in [1.82, 2.24) is 25.1 Å². The standard InChI is InChI=1S/C22H27F3N6S2/c1-30-12-17-18(29-30)5-2-7-21(17,32)28-14-4-3-8-31(9-6-14)19-16-10-15(11-22(23,24)25)33-20(16)27-13-26-19/h10,12-14,28,32H,2-9,11H2,1H3/t14-,21-/m0/s1. The minimum absolute atomic E-state index is 0.273. The van der Waals surface area contributed by atoms with E-state index >= 15 is 0 Å². The third-order valence-electron chi connectivity index (χ3n) is 6.51. The number of aromatic nitrogens is 4. The molecule has 0 saturated carbocycles. The Morgan fingerprint density at radius 2 is 2.09 bits per heavy atom. The molecule has 1 N–H and O–H groups in total. The highest BCUT2D eigenvalue weighted by Crippen LogP contribution is 2.39. The first-order chi connectivity index (χ1) is 15.7. The number of thiophene rings is 1. The van der Waals surface area contributed by atoms with E-state index in [1.807, 2.05) is 11.7 Å². The first kappa shape index (κ1) is 22.9. The molecule has 2 atom stereocenters. The Morgan fingerprint density at radius 3 is 2.91 bits per heavy atom. The Morgan fingerprint density at radius 1 is 1.24 bits per heavy atom.